The summed E-state index contributed by atoms with van der Waals surface area (Å²) in [7, 11) is 0. The van der Waals surface area contributed by atoms with Crippen LogP contribution in [0.2, 0.25) is 0 Å². The average molecular weight is 207 g/mol. The number of hydrogen-bond donors (Lipinski definition) is 3. The number of benzene rings is 1. The summed E-state index contributed by atoms with van der Waals surface area (Å²) < 4.78 is 0. The number of hydrogen-bond acceptors (Lipinski definition) is 3. The van der Waals surface area contributed by atoms with Gasteiger partial charge in [-0.1, -0.05) is 25.8 Å². The van der Waals surface area contributed by atoms with Crippen molar-refractivity contribution in [1.29, 1.82) is 0 Å². The second-order valence-corrected chi connectivity index (χ2v) is 3.71. The molecule has 0 heterocycles. The molecule has 0 aliphatic rings. The van der Waals surface area contributed by atoms with E-state index in [0.29, 0.717) is 6.54 Å². The molecule has 3 heteroatoms. The Labute approximate surface area is 91.9 Å². The van der Waals surface area contributed by atoms with Crippen molar-refractivity contribution in [2.24, 2.45) is 5.73 Å². The Bertz CT molecular complexity index is 297. The van der Waals surface area contributed by atoms with Gasteiger partial charge in [0.25, 0.3) is 0 Å². The minimum Gasteiger partial charge on any atom is -0.398 e. The first-order chi connectivity index (χ1) is 7.29. The largest absolute Gasteiger partial charge is 0.398 e. The van der Waals surface area contributed by atoms with Crippen molar-refractivity contribution in [1.82, 2.24) is 0 Å². The van der Waals surface area contributed by atoms with Crippen molar-refractivity contribution >= 4 is 11.4 Å². The maximum atomic E-state index is 5.84. The number of rotatable bonds is 6. The lowest BCUT2D eigenvalue weighted by atomic mass is 10.1. The van der Waals surface area contributed by atoms with Crippen LogP contribution in [0.5, 0.6) is 0 Å². The highest BCUT2D eigenvalue weighted by Crippen LogP contribution is 2.21. The van der Waals surface area contributed by atoms with Crippen molar-refractivity contribution in [2.45, 2.75) is 32.7 Å². The van der Waals surface area contributed by atoms with Gasteiger partial charge in [0.2, 0.25) is 0 Å². The second-order valence-electron chi connectivity index (χ2n) is 3.71. The fourth-order valence-corrected chi connectivity index (χ4v) is 1.60. The van der Waals surface area contributed by atoms with Crippen molar-refractivity contribution in [3.8, 4) is 0 Å². The highest BCUT2D eigenvalue weighted by Gasteiger charge is 2.02. The van der Waals surface area contributed by atoms with Gasteiger partial charge >= 0.3 is 0 Å². The third kappa shape index (κ3) is 3.44. The maximum absolute atomic E-state index is 5.84. The number of unbranched alkanes of at least 4 members (excludes halogenated alkanes) is 2. The van der Waals surface area contributed by atoms with Crippen LogP contribution in [-0.4, -0.2) is 6.54 Å². The van der Waals surface area contributed by atoms with E-state index in [9.17, 15) is 0 Å². The van der Waals surface area contributed by atoms with Crippen LogP contribution in [0.15, 0.2) is 18.2 Å². The summed E-state index contributed by atoms with van der Waals surface area (Å²) in [5.41, 5.74) is 14.4. The zero-order valence-corrected chi connectivity index (χ0v) is 9.42. The summed E-state index contributed by atoms with van der Waals surface area (Å²) in [5, 5.41) is 3.38. The van der Waals surface area contributed by atoms with Crippen LogP contribution in [0.1, 0.15) is 31.7 Å². The average Bonchev–Trinajstić information content (AvgIpc) is 2.24. The van der Waals surface area contributed by atoms with Crippen LogP contribution in [-0.2, 0) is 6.54 Å². The van der Waals surface area contributed by atoms with E-state index >= 15 is 0 Å². The first-order valence-corrected chi connectivity index (χ1v) is 5.61. The molecule has 1 rings (SSSR count). The van der Waals surface area contributed by atoms with Gasteiger partial charge in [0.1, 0.15) is 0 Å². The van der Waals surface area contributed by atoms with Gasteiger partial charge in [-0.15, -0.1) is 0 Å². The molecule has 0 saturated carbocycles. The summed E-state index contributed by atoms with van der Waals surface area (Å²) in [4.78, 5) is 0. The van der Waals surface area contributed by atoms with Crippen molar-refractivity contribution in [3.63, 3.8) is 0 Å². The van der Waals surface area contributed by atoms with Gasteiger partial charge in [-0.05, 0) is 18.6 Å². The third-order valence-electron chi connectivity index (χ3n) is 2.51. The smallest absolute Gasteiger partial charge is 0.0406 e. The number of nitrogens with two attached hydrogens (primary N) is 2. The van der Waals surface area contributed by atoms with Crippen LogP contribution in [0.3, 0.4) is 0 Å². The predicted octanol–water partition coefficient (Wildman–Crippen LogP) is 2.33. The van der Waals surface area contributed by atoms with E-state index < -0.39 is 0 Å². The van der Waals surface area contributed by atoms with Crippen molar-refractivity contribution < 1.29 is 0 Å². The Balaban J connectivity index is 2.56. The van der Waals surface area contributed by atoms with Gasteiger partial charge in [0, 0.05) is 30.0 Å². The summed E-state index contributed by atoms with van der Waals surface area (Å²) in [6.07, 6.45) is 3.69. The quantitative estimate of drug-likeness (QED) is 0.495. The lowest BCUT2D eigenvalue weighted by Crippen LogP contribution is -2.09. The van der Waals surface area contributed by atoms with Gasteiger partial charge < -0.3 is 16.8 Å². The van der Waals surface area contributed by atoms with Gasteiger partial charge in [-0.25, -0.2) is 0 Å². The molecule has 0 fully saturated rings. The Morgan fingerprint density at radius 3 is 2.73 bits per heavy atom. The molecule has 0 aromatic heterocycles. The van der Waals surface area contributed by atoms with E-state index in [2.05, 4.69) is 12.2 Å². The van der Waals surface area contributed by atoms with E-state index in [1.54, 1.807) is 0 Å². The SMILES string of the molecule is CCCCCNc1cccc(N)c1CN. The summed E-state index contributed by atoms with van der Waals surface area (Å²) in [6.45, 7) is 3.68. The van der Waals surface area contributed by atoms with E-state index in [4.69, 9.17) is 11.5 Å². The Morgan fingerprint density at radius 1 is 1.27 bits per heavy atom. The molecular formula is C12H21N3. The topological polar surface area (TPSA) is 64.1 Å². The fraction of sp³-hybridized carbons (Fsp3) is 0.500. The lowest BCUT2D eigenvalue weighted by molar-refractivity contribution is 0.743. The Kier molecular flexibility index (Phi) is 4.98. The van der Waals surface area contributed by atoms with Crippen molar-refractivity contribution in [2.75, 3.05) is 17.6 Å². The first-order valence-electron chi connectivity index (χ1n) is 5.61. The molecule has 0 atom stereocenters. The molecule has 84 valence electrons. The standard InChI is InChI=1S/C12H21N3/c1-2-3-4-8-15-12-7-5-6-11(14)10(12)9-13/h5-7,15H,2-4,8-9,13-14H2,1H3. The zero-order valence-electron chi connectivity index (χ0n) is 9.42. The van der Waals surface area contributed by atoms with Crippen LogP contribution >= 0.6 is 0 Å². The van der Waals surface area contributed by atoms with Crippen molar-refractivity contribution in [3.05, 3.63) is 23.8 Å². The number of nitrogens with one attached hydrogen (secondary N) is 1. The highest BCUT2D eigenvalue weighted by atomic mass is 14.9. The van der Waals surface area contributed by atoms with E-state index in [1.165, 1.54) is 19.3 Å². The molecule has 1 aromatic carbocycles. The molecular weight excluding hydrogens is 186 g/mol. The van der Waals surface area contributed by atoms with E-state index in [-0.39, 0.29) is 0 Å². The molecule has 0 spiro atoms. The third-order valence-corrected chi connectivity index (χ3v) is 2.51. The summed E-state index contributed by atoms with van der Waals surface area (Å²) in [5.74, 6) is 0. The molecule has 15 heavy (non-hydrogen) atoms. The second kappa shape index (κ2) is 6.30. The minimum absolute atomic E-state index is 0.489. The van der Waals surface area contributed by atoms with E-state index in [1.807, 2.05) is 18.2 Å². The monoisotopic (exact) mass is 207 g/mol. The zero-order chi connectivity index (χ0) is 11.1. The molecule has 0 amide bonds. The van der Waals surface area contributed by atoms with Gasteiger partial charge in [0.15, 0.2) is 0 Å². The molecule has 3 nitrogen and oxygen atoms in total. The Hall–Kier alpha value is -1.22. The molecule has 1 aromatic rings. The van der Waals surface area contributed by atoms with E-state index in [0.717, 1.165) is 23.5 Å². The van der Waals surface area contributed by atoms with Crippen LogP contribution < -0.4 is 16.8 Å². The van der Waals surface area contributed by atoms with Gasteiger partial charge in [-0.2, -0.15) is 0 Å². The number of nitrogen functional groups attached to an aromatic ring is 1. The highest BCUT2D eigenvalue weighted by molar-refractivity contribution is 5.63. The molecule has 0 saturated heterocycles. The normalized spacial score (nSPS) is 10.3. The molecule has 0 aliphatic heterocycles. The molecule has 5 N–H and O–H groups in total. The number of anilines is 2. The summed E-state index contributed by atoms with van der Waals surface area (Å²) in [6, 6.07) is 5.88. The lowest BCUT2D eigenvalue weighted by Gasteiger charge is -2.12. The maximum Gasteiger partial charge on any atom is 0.0406 e. The molecule has 0 aliphatic carbocycles. The van der Waals surface area contributed by atoms with Gasteiger partial charge in [-0.3, -0.25) is 0 Å². The van der Waals surface area contributed by atoms with Gasteiger partial charge in [0.05, 0.1) is 0 Å². The van der Waals surface area contributed by atoms with Crippen LogP contribution in [0.25, 0.3) is 0 Å². The minimum atomic E-state index is 0.489. The van der Waals surface area contributed by atoms with Crippen LogP contribution in [0.4, 0.5) is 11.4 Å². The Morgan fingerprint density at radius 2 is 2.07 bits per heavy atom. The first kappa shape index (κ1) is 11.9. The molecule has 0 bridgehead atoms. The molecule has 0 unspecified atom stereocenters. The fourth-order valence-electron chi connectivity index (χ4n) is 1.60. The summed E-state index contributed by atoms with van der Waals surface area (Å²) >= 11 is 0. The predicted molar refractivity (Wildman–Crippen MR) is 66.8 cm³/mol. The van der Waals surface area contributed by atoms with Crippen LogP contribution in [0, 0.1) is 0 Å². The molecule has 0 radical (unpaired) electrons.